The molecule has 1 saturated carbocycles. The van der Waals surface area contributed by atoms with E-state index < -0.39 is 0 Å². The van der Waals surface area contributed by atoms with E-state index in [1.54, 1.807) is 12.4 Å². The maximum Gasteiger partial charge on any atom is 0.316 e. The third-order valence-electron chi connectivity index (χ3n) is 2.75. The molecule has 0 spiro atoms. The molecule has 1 aromatic heterocycles. The molecule has 0 saturated heterocycles. The molecule has 0 unspecified atom stereocenters. The average molecular weight is 189 g/mol. The fourth-order valence-electron chi connectivity index (χ4n) is 1.75. The minimum Gasteiger partial charge on any atom is -0.468 e. The standard InChI is InChI=1S/C10H12BNO2/c1-14-9(13)10(2-3-10)7-4-8(11)6-12-5-7/h4-6H,2-3,11H2,1H3. The van der Waals surface area contributed by atoms with Crippen LogP contribution in [0.1, 0.15) is 18.4 Å². The number of ether oxygens (including phenoxy) is 1. The fraction of sp³-hybridized carbons (Fsp3) is 0.400. The number of rotatable bonds is 2. The maximum absolute atomic E-state index is 11.6. The van der Waals surface area contributed by atoms with Gasteiger partial charge in [-0.2, -0.15) is 0 Å². The Morgan fingerprint density at radius 2 is 2.29 bits per heavy atom. The lowest BCUT2D eigenvalue weighted by molar-refractivity contribution is -0.143. The number of hydrogen-bond donors (Lipinski definition) is 0. The molecule has 0 amide bonds. The second-order valence-electron chi connectivity index (χ2n) is 3.82. The quantitative estimate of drug-likeness (QED) is 0.467. The third-order valence-corrected chi connectivity index (χ3v) is 2.75. The summed E-state index contributed by atoms with van der Waals surface area (Å²) in [7, 11) is 3.41. The third kappa shape index (κ3) is 1.31. The zero-order valence-electron chi connectivity index (χ0n) is 8.41. The topological polar surface area (TPSA) is 39.2 Å². The smallest absolute Gasteiger partial charge is 0.316 e. The van der Waals surface area contributed by atoms with E-state index in [9.17, 15) is 4.79 Å². The molecule has 1 aromatic rings. The van der Waals surface area contributed by atoms with Gasteiger partial charge < -0.3 is 4.74 Å². The Morgan fingerprint density at radius 1 is 1.57 bits per heavy atom. The predicted octanol–water partition coefficient (Wildman–Crippen LogP) is -0.455. The van der Waals surface area contributed by atoms with Gasteiger partial charge in [-0.25, -0.2) is 0 Å². The van der Waals surface area contributed by atoms with Gasteiger partial charge in [0.25, 0.3) is 0 Å². The molecule has 0 aliphatic heterocycles. The second-order valence-corrected chi connectivity index (χ2v) is 3.82. The molecule has 0 atom stereocenters. The van der Waals surface area contributed by atoms with Crippen molar-refractivity contribution in [2.24, 2.45) is 0 Å². The van der Waals surface area contributed by atoms with E-state index in [1.165, 1.54) is 7.11 Å². The summed E-state index contributed by atoms with van der Waals surface area (Å²) in [5.74, 6) is -0.134. The van der Waals surface area contributed by atoms with Gasteiger partial charge in [0.05, 0.1) is 12.5 Å². The highest BCUT2D eigenvalue weighted by atomic mass is 16.5. The number of pyridine rings is 1. The van der Waals surface area contributed by atoms with Crippen LogP contribution in [0.5, 0.6) is 0 Å². The van der Waals surface area contributed by atoms with Gasteiger partial charge in [-0.1, -0.05) is 11.5 Å². The zero-order chi connectivity index (χ0) is 10.2. The summed E-state index contributed by atoms with van der Waals surface area (Å²) >= 11 is 0. The van der Waals surface area contributed by atoms with Crippen LogP contribution in [0, 0.1) is 0 Å². The van der Waals surface area contributed by atoms with Crippen LogP contribution in [-0.4, -0.2) is 25.9 Å². The number of nitrogens with zero attached hydrogens (tertiary/aromatic N) is 1. The Morgan fingerprint density at radius 3 is 2.79 bits per heavy atom. The van der Waals surface area contributed by atoms with Crippen LogP contribution in [0.4, 0.5) is 0 Å². The number of carbonyl (C=O) groups is 1. The molecule has 2 rings (SSSR count). The van der Waals surface area contributed by atoms with Crippen molar-refractivity contribution < 1.29 is 9.53 Å². The monoisotopic (exact) mass is 189 g/mol. The normalized spacial score (nSPS) is 17.5. The van der Waals surface area contributed by atoms with Crippen LogP contribution in [0.3, 0.4) is 0 Å². The van der Waals surface area contributed by atoms with Crippen molar-refractivity contribution in [3.05, 3.63) is 24.0 Å². The Labute approximate surface area is 83.9 Å². The maximum atomic E-state index is 11.6. The fourth-order valence-corrected chi connectivity index (χ4v) is 1.75. The Kier molecular flexibility index (Phi) is 2.06. The highest BCUT2D eigenvalue weighted by Gasteiger charge is 2.52. The van der Waals surface area contributed by atoms with Gasteiger partial charge in [0.2, 0.25) is 0 Å². The highest BCUT2D eigenvalue weighted by molar-refractivity contribution is 6.32. The zero-order valence-corrected chi connectivity index (χ0v) is 8.41. The molecule has 3 nitrogen and oxygen atoms in total. The van der Waals surface area contributed by atoms with Gasteiger partial charge in [0.15, 0.2) is 0 Å². The number of carbonyl (C=O) groups excluding carboxylic acids is 1. The molecule has 1 heterocycles. The van der Waals surface area contributed by atoms with Crippen molar-refractivity contribution in [2.75, 3.05) is 7.11 Å². The Balaban J connectivity index is 2.35. The van der Waals surface area contributed by atoms with Gasteiger partial charge in [0, 0.05) is 12.4 Å². The van der Waals surface area contributed by atoms with E-state index in [-0.39, 0.29) is 11.4 Å². The van der Waals surface area contributed by atoms with Gasteiger partial charge in [0.1, 0.15) is 7.85 Å². The molecule has 72 valence electrons. The number of aromatic nitrogens is 1. The number of methoxy groups -OCH3 is 1. The number of esters is 1. The minimum atomic E-state index is -0.381. The van der Waals surface area contributed by atoms with Crippen molar-refractivity contribution in [1.82, 2.24) is 4.98 Å². The van der Waals surface area contributed by atoms with Crippen LogP contribution < -0.4 is 5.46 Å². The molecule has 1 aliphatic carbocycles. The first kappa shape index (κ1) is 9.25. The van der Waals surface area contributed by atoms with E-state index in [0.29, 0.717) is 0 Å². The van der Waals surface area contributed by atoms with Crippen molar-refractivity contribution in [3.8, 4) is 0 Å². The number of hydrogen-bond acceptors (Lipinski definition) is 3. The van der Waals surface area contributed by atoms with Crippen molar-refractivity contribution in [2.45, 2.75) is 18.3 Å². The summed E-state index contributed by atoms with van der Waals surface area (Å²) in [6.45, 7) is 0. The molecule has 1 aliphatic rings. The van der Waals surface area contributed by atoms with E-state index >= 15 is 0 Å². The Hall–Kier alpha value is -1.32. The lowest BCUT2D eigenvalue weighted by atomic mass is 9.91. The first-order valence-electron chi connectivity index (χ1n) is 4.69. The summed E-state index contributed by atoms with van der Waals surface area (Å²) in [5, 5.41) is 0. The molecule has 0 aromatic carbocycles. The molecule has 0 bridgehead atoms. The summed E-state index contributed by atoms with van der Waals surface area (Å²) in [5.41, 5.74) is 1.69. The van der Waals surface area contributed by atoms with Crippen LogP contribution in [-0.2, 0) is 14.9 Å². The van der Waals surface area contributed by atoms with Crippen molar-refractivity contribution in [3.63, 3.8) is 0 Å². The SMILES string of the molecule is Bc1cncc(C2(C(=O)OC)CC2)c1. The second kappa shape index (κ2) is 3.12. The van der Waals surface area contributed by atoms with Crippen molar-refractivity contribution in [1.29, 1.82) is 0 Å². The van der Waals surface area contributed by atoms with Crippen LogP contribution in [0.25, 0.3) is 0 Å². The highest BCUT2D eigenvalue weighted by Crippen LogP contribution is 2.48. The summed E-state index contributed by atoms with van der Waals surface area (Å²) in [6.07, 6.45) is 5.31. The predicted molar refractivity (Wildman–Crippen MR) is 55.3 cm³/mol. The summed E-state index contributed by atoms with van der Waals surface area (Å²) in [4.78, 5) is 15.7. The van der Waals surface area contributed by atoms with Crippen LogP contribution >= 0.6 is 0 Å². The van der Waals surface area contributed by atoms with Crippen molar-refractivity contribution >= 4 is 19.3 Å². The van der Waals surface area contributed by atoms with E-state index in [2.05, 4.69) is 4.98 Å². The first-order valence-corrected chi connectivity index (χ1v) is 4.69. The molecule has 4 heteroatoms. The Bertz CT molecular complexity index is 374. The van der Waals surface area contributed by atoms with Gasteiger partial charge in [-0.3, -0.25) is 9.78 Å². The molecule has 0 N–H and O–H groups in total. The van der Waals surface area contributed by atoms with E-state index in [0.717, 1.165) is 23.9 Å². The van der Waals surface area contributed by atoms with Crippen LogP contribution in [0.15, 0.2) is 18.5 Å². The van der Waals surface area contributed by atoms with E-state index in [4.69, 9.17) is 4.74 Å². The molecule has 14 heavy (non-hydrogen) atoms. The lowest BCUT2D eigenvalue weighted by Gasteiger charge is -2.12. The molecule has 1 fully saturated rings. The first-order chi connectivity index (χ1) is 6.69. The largest absolute Gasteiger partial charge is 0.468 e. The lowest BCUT2D eigenvalue weighted by Crippen LogP contribution is -2.23. The molecular weight excluding hydrogens is 177 g/mol. The van der Waals surface area contributed by atoms with Gasteiger partial charge >= 0.3 is 5.97 Å². The average Bonchev–Trinajstić information content (AvgIpc) is 2.97. The molecule has 0 radical (unpaired) electrons. The van der Waals surface area contributed by atoms with Crippen LogP contribution in [0.2, 0.25) is 0 Å². The minimum absolute atomic E-state index is 0.134. The summed E-state index contributed by atoms with van der Waals surface area (Å²) in [6, 6.07) is 2.01. The van der Waals surface area contributed by atoms with Gasteiger partial charge in [-0.15, -0.1) is 0 Å². The molecular formula is C10H12BNO2. The van der Waals surface area contributed by atoms with Gasteiger partial charge in [-0.05, 0) is 18.4 Å². The van der Waals surface area contributed by atoms with E-state index in [1.807, 2.05) is 13.9 Å². The summed E-state index contributed by atoms with van der Waals surface area (Å²) < 4.78 is 4.81.